The predicted molar refractivity (Wildman–Crippen MR) is 83.5 cm³/mol. The SMILES string of the molecule is O=C(CNC(=O)c1ccccc1)Nc1ccc2cn[nH]c2c1. The highest BCUT2D eigenvalue weighted by Crippen LogP contribution is 2.16. The number of hydrogen-bond acceptors (Lipinski definition) is 3. The topological polar surface area (TPSA) is 86.9 Å². The molecule has 2 aromatic carbocycles. The molecule has 0 unspecified atom stereocenters. The molecule has 0 fully saturated rings. The quantitative estimate of drug-likeness (QED) is 0.687. The van der Waals surface area contributed by atoms with Gasteiger partial charge in [-0.25, -0.2) is 0 Å². The van der Waals surface area contributed by atoms with Crippen molar-refractivity contribution in [2.24, 2.45) is 0 Å². The summed E-state index contributed by atoms with van der Waals surface area (Å²) in [6.45, 7) is -0.0886. The second kappa shape index (κ2) is 6.09. The van der Waals surface area contributed by atoms with Crippen LogP contribution in [0.1, 0.15) is 10.4 Å². The molecule has 0 atom stereocenters. The van der Waals surface area contributed by atoms with Gasteiger partial charge in [0.05, 0.1) is 18.3 Å². The second-order valence-corrected chi connectivity index (χ2v) is 4.77. The van der Waals surface area contributed by atoms with Gasteiger partial charge in [0.2, 0.25) is 5.91 Å². The third kappa shape index (κ3) is 3.12. The van der Waals surface area contributed by atoms with Crippen molar-refractivity contribution >= 4 is 28.4 Å². The van der Waals surface area contributed by atoms with Crippen LogP contribution in [0.2, 0.25) is 0 Å². The number of amides is 2. The third-order valence-corrected chi connectivity index (χ3v) is 3.17. The van der Waals surface area contributed by atoms with Crippen LogP contribution in [0.4, 0.5) is 5.69 Å². The van der Waals surface area contributed by atoms with Gasteiger partial charge in [0, 0.05) is 16.6 Å². The number of H-pyrrole nitrogens is 1. The van der Waals surface area contributed by atoms with Crippen molar-refractivity contribution < 1.29 is 9.59 Å². The lowest BCUT2D eigenvalue weighted by Crippen LogP contribution is -2.32. The average Bonchev–Trinajstić information content (AvgIpc) is 3.01. The molecule has 0 aliphatic carbocycles. The molecule has 3 aromatic rings. The minimum absolute atomic E-state index is 0.0886. The van der Waals surface area contributed by atoms with E-state index >= 15 is 0 Å². The van der Waals surface area contributed by atoms with Crippen molar-refractivity contribution in [1.82, 2.24) is 15.5 Å². The van der Waals surface area contributed by atoms with Crippen molar-refractivity contribution in [2.45, 2.75) is 0 Å². The number of fused-ring (bicyclic) bond motifs is 1. The molecule has 0 bridgehead atoms. The zero-order valence-electron chi connectivity index (χ0n) is 11.7. The number of aromatic nitrogens is 2. The monoisotopic (exact) mass is 294 g/mol. The molecule has 3 rings (SSSR count). The van der Waals surface area contributed by atoms with Crippen LogP contribution in [0.15, 0.2) is 54.7 Å². The first-order chi connectivity index (χ1) is 10.7. The standard InChI is InChI=1S/C16H14N4O2/c21-15(10-17-16(22)11-4-2-1-3-5-11)19-13-7-6-12-9-18-20-14(12)8-13/h1-9H,10H2,(H,17,22)(H,18,20)(H,19,21). The van der Waals surface area contributed by atoms with Gasteiger partial charge in [-0.1, -0.05) is 18.2 Å². The number of rotatable bonds is 4. The minimum atomic E-state index is -0.289. The van der Waals surface area contributed by atoms with Crippen LogP contribution in [-0.4, -0.2) is 28.6 Å². The molecule has 110 valence electrons. The molecule has 3 N–H and O–H groups in total. The largest absolute Gasteiger partial charge is 0.343 e. The zero-order valence-corrected chi connectivity index (χ0v) is 11.7. The fourth-order valence-electron chi connectivity index (χ4n) is 2.07. The van der Waals surface area contributed by atoms with Gasteiger partial charge in [0.1, 0.15) is 0 Å². The van der Waals surface area contributed by atoms with Crippen LogP contribution in [0.25, 0.3) is 10.9 Å². The molecule has 0 radical (unpaired) electrons. The molecule has 6 heteroatoms. The van der Waals surface area contributed by atoms with Gasteiger partial charge in [0.15, 0.2) is 0 Å². The van der Waals surface area contributed by atoms with Crippen LogP contribution < -0.4 is 10.6 Å². The first-order valence-electron chi connectivity index (χ1n) is 6.78. The van der Waals surface area contributed by atoms with Crippen molar-refractivity contribution in [3.8, 4) is 0 Å². The molecule has 6 nitrogen and oxygen atoms in total. The Morgan fingerprint density at radius 1 is 1.09 bits per heavy atom. The first-order valence-corrected chi connectivity index (χ1v) is 6.78. The minimum Gasteiger partial charge on any atom is -0.343 e. The van der Waals surface area contributed by atoms with Crippen molar-refractivity contribution in [3.05, 3.63) is 60.3 Å². The summed E-state index contributed by atoms with van der Waals surface area (Å²) in [5, 5.41) is 13.0. The molecule has 1 aromatic heterocycles. The van der Waals surface area contributed by atoms with E-state index in [1.807, 2.05) is 12.1 Å². The summed E-state index contributed by atoms with van der Waals surface area (Å²) >= 11 is 0. The number of aromatic amines is 1. The fourth-order valence-corrected chi connectivity index (χ4v) is 2.07. The number of carbonyl (C=O) groups excluding carboxylic acids is 2. The molecule has 0 spiro atoms. The number of nitrogens with one attached hydrogen (secondary N) is 3. The summed E-state index contributed by atoms with van der Waals surface area (Å²) in [7, 11) is 0. The number of benzene rings is 2. The normalized spacial score (nSPS) is 10.4. The summed E-state index contributed by atoms with van der Waals surface area (Å²) in [4.78, 5) is 23.7. The number of carbonyl (C=O) groups is 2. The fraction of sp³-hybridized carbons (Fsp3) is 0.0625. The van der Waals surface area contributed by atoms with Crippen LogP contribution in [0.3, 0.4) is 0 Å². The summed E-state index contributed by atoms with van der Waals surface area (Å²) in [6.07, 6.45) is 1.71. The van der Waals surface area contributed by atoms with Crippen LogP contribution >= 0.6 is 0 Å². The maximum absolute atomic E-state index is 11.9. The van der Waals surface area contributed by atoms with E-state index < -0.39 is 0 Å². The van der Waals surface area contributed by atoms with E-state index in [0.717, 1.165) is 10.9 Å². The highest BCUT2D eigenvalue weighted by atomic mass is 16.2. The van der Waals surface area contributed by atoms with Crippen molar-refractivity contribution in [2.75, 3.05) is 11.9 Å². The summed E-state index contributed by atoms with van der Waals surface area (Å²) < 4.78 is 0. The molecule has 2 amide bonds. The van der Waals surface area contributed by atoms with E-state index in [9.17, 15) is 9.59 Å². The second-order valence-electron chi connectivity index (χ2n) is 4.77. The molecule has 0 saturated carbocycles. The van der Waals surface area contributed by atoms with Gasteiger partial charge in [-0.3, -0.25) is 14.7 Å². The Morgan fingerprint density at radius 2 is 1.91 bits per heavy atom. The van der Waals surface area contributed by atoms with Gasteiger partial charge in [-0.15, -0.1) is 0 Å². The molecule has 22 heavy (non-hydrogen) atoms. The van der Waals surface area contributed by atoms with E-state index in [0.29, 0.717) is 11.3 Å². The average molecular weight is 294 g/mol. The first kappa shape index (κ1) is 13.8. The zero-order chi connectivity index (χ0) is 15.4. The van der Waals surface area contributed by atoms with Gasteiger partial charge in [-0.2, -0.15) is 5.10 Å². The Bertz CT molecular complexity index is 811. The summed E-state index contributed by atoms with van der Waals surface area (Å²) in [6, 6.07) is 14.2. The number of anilines is 1. The molecule has 0 saturated heterocycles. The van der Waals surface area contributed by atoms with Crippen molar-refractivity contribution in [1.29, 1.82) is 0 Å². The Labute approximate surface area is 126 Å². The summed E-state index contributed by atoms with van der Waals surface area (Å²) in [5.74, 6) is -0.567. The van der Waals surface area contributed by atoms with E-state index in [1.54, 1.807) is 42.6 Å². The maximum atomic E-state index is 11.9. The highest BCUT2D eigenvalue weighted by Gasteiger charge is 2.08. The van der Waals surface area contributed by atoms with E-state index in [4.69, 9.17) is 0 Å². The predicted octanol–water partition coefficient (Wildman–Crippen LogP) is 1.93. The highest BCUT2D eigenvalue weighted by molar-refractivity contribution is 5.99. The van der Waals surface area contributed by atoms with E-state index in [2.05, 4.69) is 20.8 Å². The van der Waals surface area contributed by atoms with Crippen LogP contribution in [-0.2, 0) is 4.79 Å². The van der Waals surface area contributed by atoms with Crippen LogP contribution in [0, 0.1) is 0 Å². The Kier molecular flexibility index (Phi) is 3.82. The van der Waals surface area contributed by atoms with Crippen LogP contribution in [0.5, 0.6) is 0 Å². The molecular formula is C16H14N4O2. The lowest BCUT2D eigenvalue weighted by Gasteiger charge is -2.07. The summed E-state index contributed by atoms with van der Waals surface area (Å²) in [5.41, 5.74) is 2.01. The third-order valence-electron chi connectivity index (χ3n) is 3.17. The maximum Gasteiger partial charge on any atom is 0.251 e. The molecular weight excluding hydrogens is 280 g/mol. The van der Waals surface area contributed by atoms with E-state index in [1.165, 1.54) is 0 Å². The molecule has 0 aliphatic heterocycles. The number of hydrogen-bond donors (Lipinski definition) is 3. The van der Waals surface area contributed by atoms with Gasteiger partial charge < -0.3 is 10.6 Å². The van der Waals surface area contributed by atoms with Gasteiger partial charge >= 0.3 is 0 Å². The smallest absolute Gasteiger partial charge is 0.251 e. The lowest BCUT2D eigenvalue weighted by atomic mass is 10.2. The lowest BCUT2D eigenvalue weighted by molar-refractivity contribution is -0.115. The molecule has 1 heterocycles. The molecule has 0 aliphatic rings. The number of nitrogens with zero attached hydrogens (tertiary/aromatic N) is 1. The Balaban J connectivity index is 1.57. The Morgan fingerprint density at radius 3 is 2.73 bits per heavy atom. The Hall–Kier alpha value is -3.15. The van der Waals surface area contributed by atoms with Gasteiger partial charge in [0.25, 0.3) is 5.91 Å². The van der Waals surface area contributed by atoms with Gasteiger partial charge in [-0.05, 0) is 30.3 Å². The van der Waals surface area contributed by atoms with Crippen molar-refractivity contribution in [3.63, 3.8) is 0 Å². The van der Waals surface area contributed by atoms with E-state index in [-0.39, 0.29) is 18.4 Å².